The predicted octanol–water partition coefficient (Wildman–Crippen LogP) is 8.77. The summed E-state index contributed by atoms with van der Waals surface area (Å²) < 4.78 is 53.3. The molecule has 0 aliphatic carbocycles. The molecule has 0 saturated heterocycles. The van der Waals surface area contributed by atoms with Gasteiger partial charge in [0.05, 0.1) is 24.2 Å². The standard InChI is InChI=1S/C20H14Cl2F3N3O4.C15H17N/c1-31-13-4-2-3-10(16(13)22)17-11-7-9(21)5-6-12(11)28-18(14(32-17)8-15(29)30)26-27-19(28)20(23,24)25;1-13(15-10-6-3-7-11-15)16-12-14-8-4-2-5-9-14/h2-7,14,17H,8H2,1H3,(H,29,30);2-11,13,16H,12H2,1H3/t14-,17-;13-/m11/s1. The minimum Gasteiger partial charge on any atom is -0.495 e. The smallest absolute Gasteiger partial charge is 0.452 e. The van der Waals surface area contributed by atoms with Crippen molar-refractivity contribution in [3.8, 4) is 11.4 Å². The Hall–Kier alpha value is -4.42. The monoisotopic (exact) mass is 698 g/mol. The number of ether oxygens (including phenoxy) is 2. The highest BCUT2D eigenvalue weighted by Crippen LogP contribution is 2.46. The summed E-state index contributed by atoms with van der Waals surface area (Å²) in [6, 6.07) is 30.4. The lowest BCUT2D eigenvalue weighted by Gasteiger charge is -2.23. The molecule has 2 heterocycles. The van der Waals surface area contributed by atoms with E-state index in [2.05, 4.69) is 71.0 Å². The summed E-state index contributed by atoms with van der Waals surface area (Å²) in [5.41, 5.74) is 3.28. The first kappa shape index (κ1) is 34.9. The van der Waals surface area contributed by atoms with Gasteiger partial charge in [-0.2, -0.15) is 13.2 Å². The maximum Gasteiger partial charge on any atom is 0.452 e. The summed E-state index contributed by atoms with van der Waals surface area (Å²) in [5, 5.41) is 20.2. The number of rotatable bonds is 8. The van der Waals surface area contributed by atoms with E-state index in [0.29, 0.717) is 17.4 Å². The van der Waals surface area contributed by atoms with Crippen LogP contribution in [0.2, 0.25) is 10.0 Å². The van der Waals surface area contributed by atoms with E-state index in [0.717, 1.165) is 11.1 Å². The van der Waals surface area contributed by atoms with Gasteiger partial charge in [0.1, 0.15) is 18.0 Å². The molecule has 0 unspecified atom stereocenters. The third-order valence-electron chi connectivity index (χ3n) is 7.65. The Morgan fingerprint density at radius 3 is 2.31 bits per heavy atom. The molecule has 6 rings (SSSR count). The average molecular weight is 700 g/mol. The van der Waals surface area contributed by atoms with Crippen LogP contribution in [-0.2, 0) is 22.3 Å². The summed E-state index contributed by atoms with van der Waals surface area (Å²) >= 11 is 12.6. The molecule has 250 valence electrons. The van der Waals surface area contributed by atoms with Crippen molar-refractivity contribution in [2.24, 2.45) is 0 Å². The number of halogens is 5. The van der Waals surface area contributed by atoms with Gasteiger partial charge in [0.15, 0.2) is 5.82 Å². The lowest BCUT2D eigenvalue weighted by Crippen LogP contribution is -2.17. The SMILES string of the molecule is COc1cccc([C@H]2O[C@H](CC(=O)O)c3nnc(C(F)(F)F)n3-c3ccc(Cl)cc32)c1Cl.C[C@@H](NCc1ccccc1)c1ccccc1. The fraction of sp³-hybridized carbons (Fsp3) is 0.229. The second-order valence-electron chi connectivity index (χ2n) is 10.9. The topological polar surface area (TPSA) is 98.5 Å². The first-order valence-corrected chi connectivity index (χ1v) is 15.6. The lowest BCUT2D eigenvalue weighted by atomic mass is 9.99. The molecule has 1 aliphatic heterocycles. The molecule has 2 N–H and O–H groups in total. The first-order valence-electron chi connectivity index (χ1n) is 14.8. The van der Waals surface area contributed by atoms with Crippen LogP contribution < -0.4 is 10.1 Å². The van der Waals surface area contributed by atoms with Crippen molar-refractivity contribution in [2.75, 3.05) is 7.11 Å². The molecule has 0 bridgehead atoms. The van der Waals surface area contributed by atoms with E-state index in [-0.39, 0.29) is 27.1 Å². The number of hydrogen-bond donors (Lipinski definition) is 2. The molecule has 48 heavy (non-hydrogen) atoms. The Labute approximate surface area is 285 Å². The molecule has 0 saturated carbocycles. The minimum absolute atomic E-state index is 0.0403. The number of nitrogens with zero attached hydrogens (tertiary/aromatic N) is 3. The zero-order valence-corrected chi connectivity index (χ0v) is 27.3. The molecule has 0 radical (unpaired) electrons. The van der Waals surface area contributed by atoms with Gasteiger partial charge >= 0.3 is 12.1 Å². The van der Waals surface area contributed by atoms with Crippen molar-refractivity contribution in [3.63, 3.8) is 0 Å². The van der Waals surface area contributed by atoms with Crippen molar-refractivity contribution in [1.82, 2.24) is 20.1 Å². The van der Waals surface area contributed by atoms with Crippen LogP contribution in [-0.4, -0.2) is 33.0 Å². The molecule has 3 atom stereocenters. The lowest BCUT2D eigenvalue weighted by molar-refractivity contribution is -0.146. The van der Waals surface area contributed by atoms with Gasteiger partial charge in [0.2, 0.25) is 5.82 Å². The number of nitrogens with one attached hydrogen (secondary N) is 1. The number of carboxylic acid groups (broad SMARTS) is 1. The van der Waals surface area contributed by atoms with Gasteiger partial charge < -0.3 is 19.9 Å². The van der Waals surface area contributed by atoms with Gasteiger partial charge in [-0.15, -0.1) is 10.2 Å². The summed E-state index contributed by atoms with van der Waals surface area (Å²) in [7, 11) is 1.41. The number of carbonyl (C=O) groups is 1. The van der Waals surface area contributed by atoms with Gasteiger partial charge in [0, 0.05) is 28.7 Å². The van der Waals surface area contributed by atoms with Crippen molar-refractivity contribution in [1.29, 1.82) is 0 Å². The van der Waals surface area contributed by atoms with Crippen LogP contribution in [0.25, 0.3) is 5.69 Å². The number of aromatic nitrogens is 3. The van der Waals surface area contributed by atoms with Crippen LogP contribution >= 0.6 is 23.2 Å². The number of carboxylic acids is 1. The molecule has 5 aromatic rings. The summed E-state index contributed by atoms with van der Waals surface area (Å²) in [6.07, 6.45) is -7.95. The number of alkyl halides is 3. The number of methoxy groups -OCH3 is 1. The van der Waals surface area contributed by atoms with E-state index < -0.39 is 36.6 Å². The maximum absolute atomic E-state index is 13.7. The van der Waals surface area contributed by atoms with Crippen molar-refractivity contribution in [2.45, 2.75) is 44.3 Å². The van der Waals surface area contributed by atoms with Crippen LogP contribution in [0.15, 0.2) is 97.1 Å². The third-order valence-corrected chi connectivity index (χ3v) is 8.29. The van der Waals surface area contributed by atoms with Crippen LogP contribution in [0.3, 0.4) is 0 Å². The van der Waals surface area contributed by atoms with E-state index in [4.69, 9.17) is 32.7 Å². The zero-order valence-electron chi connectivity index (χ0n) is 25.8. The molecule has 1 aromatic heterocycles. The second-order valence-corrected chi connectivity index (χ2v) is 11.7. The molecule has 4 aromatic carbocycles. The summed E-state index contributed by atoms with van der Waals surface area (Å²) in [5.74, 6) is -2.60. The fourth-order valence-corrected chi connectivity index (χ4v) is 5.80. The fourth-order valence-electron chi connectivity index (χ4n) is 5.32. The Morgan fingerprint density at radius 2 is 1.67 bits per heavy atom. The Morgan fingerprint density at radius 1 is 0.979 bits per heavy atom. The molecule has 0 spiro atoms. The number of benzene rings is 4. The maximum atomic E-state index is 13.7. The molecular weight excluding hydrogens is 668 g/mol. The molecule has 8 nitrogen and oxygen atoms in total. The Kier molecular flexibility index (Phi) is 11.1. The van der Waals surface area contributed by atoms with E-state index >= 15 is 0 Å². The summed E-state index contributed by atoms with van der Waals surface area (Å²) in [4.78, 5) is 11.5. The van der Waals surface area contributed by atoms with E-state index in [1.165, 1.54) is 36.4 Å². The predicted molar refractivity (Wildman–Crippen MR) is 175 cm³/mol. The van der Waals surface area contributed by atoms with Gasteiger partial charge in [-0.25, -0.2) is 0 Å². The van der Waals surface area contributed by atoms with Crippen LogP contribution in [0.4, 0.5) is 13.2 Å². The molecular formula is C35H31Cl2F3N4O4. The summed E-state index contributed by atoms with van der Waals surface area (Å²) in [6.45, 7) is 3.11. The number of fused-ring (bicyclic) bond motifs is 3. The van der Waals surface area contributed by atoms with Crippen molar-refractivity contribution in [3.05, 3.63) is 141 Å². The largest absolute Gasteiger partial charge is 0.495 e. The molecule has 1 aliphatic rings. The van der Waals surface area contributed by atoms with Gasteiger partial charge in [0.25, 0.3) is 0 Å². The van der Waals surface area contributed by atoms with E-state index in [9.17, 15) is 23.1 Å². The highest BCUT2D eigenvalue weighted by molar-refractivity contribution is 6.33. The highest BCUT2D eigenvalue weighted by atomic mass is 35.5. The van der Waals surface area contributed by atoms with Gasteiger partial charge in [-0.1, -0.05) is 96.0 Å². The van der Waals surface area contributed by atoms with Gasteiger partial charge in [-0.05, 0) is 42.3 Å². The molecule has 0 fully saturated rings. The number of hydrogen-bond acceptors (Lipinski definition) is 6. The Balaban J connectivity index is 0.000000236. The van der Waals surface area contributed by atoms with Crippen molar-refractivity contribution < 1.29 is 32.5 Å². The Bertz CT molecular complexity index is 1860. The van der Waals surface area contributed by atoms with Crippen LogP contribution in [0.1, 0.15) is 65.5 Å². The zero-order chi connectivity index (χ0) is 34.4. The molecule has 13 heteroatoms. The number of aliphatic carboxylic acids is 1. The van der Waals surface area contributed by atoms with Crippen LogP contribution in [0, 0.1) is 0 Å². The first-order chi connectivity index (χ1) is 23.0. The van der Waals surface area contributed by atoms with E-state index in [1.807, 2.05) is 12.1 Å². The third kappa shape index (κ3) is 7.99. The minimum atomic E-state index is -4.86. The average Bonchev–Trinajstić information content (AvgIpc) is 3.48. The van der Waals surface area contributed by atoms with Crippen LogP contribution in [0.5, 0.6) is 5.75 Å². The van der Waals surface area contributed by atoms with Crippen molar-refractivity contribution >= 4 is 29.2 Å². The van der Waals surface area contributed by atoms with E-state index in [1.54, 1.807) is 18.2 Å². The van der Waals surface area contributed by atoms with Gasteiger partial charge in [-0.3, -0.25) is 9.36 Å². The molecule has 0 amide bonds. The second kappa shape index (κ2) is 15.2. The quantitative estimate of drug-likeness (QED) is 0.167. The highest BCUT2D eigenvalue weighted by Gasteiger charge is 2.43. The normalized spacial score (nSPS) is 16.1.